The van der Waals surface area contributed by atoms with Crippen molar-refractivity contribution >= 4 is 0 Å². The van der Waals surface area contributed by atoms with E-state index in [4.69, 9.17) is 4.74 Å². The van der Waals surface area contributed by atoms with Gasteiger partial charge in [0.1, 0.15) is 11.9 Å². The lowest BCUT2D eigenvalue weighted by atomic mass is 9.84. The molecule has 1 fully saturated rings. The number of ether oxygens (including phenoxy) is 1. The number of rotatable bonds is 4. The average Bonchev–Trinajstić information content (AvgIpc) is 2.43. The second-order valence-corrected chi connectivity index (χ2v) is 5.83. The predicted octanol–water partition coefficient (Wildman–Crippen LogP) is 4.14. The summed E-state index contributed by atoms with van der Waals surface area (Å²) in [5.41, 5.74) is 3.26. The summed E-state index contributed by atoms with van der Waals surface area (Å²) in [6.45, 7) is 6.51. The van der Waals surface area contributed by atoms with Crippen LogP contribution in [0.4, 0.5) is 0 Å². The largest absolute Gasteiger partial charge is 0.490 e. The number of aryl methyl sites for hydroxylation is 2. The van der Waals surface area contributed by atoms with Gasteiger partial charge in [-0.2, -0.15) is 0 Å². The van der Waals surface area contributed by atoms with Crippen LogP contribution in [0.1, 0.15) is 55.7 Å². The number of benzene rings is 1. The van der Waals surface area contributed by atoms with Crippen molar-refractivity contribution in [2.24, 2.45) is 5.92 Å². The van der Waals surface area contributed by atoms with Crippen LogP contribution < -0.4 is 4.74 Å². The van der Waals surface area contributed by atoms with Crippen molar-refractivity contribution in [3.63, 3.8) is 0 Å². The molecule has 0 saturated heterocycles. The second-order valence-electron chi connectivity index (χ2n) is 5.83. The summed E-state index contributed by atoms with van der Waals surface area (Å²) >= 11 is 0. The van der Waals surface area contributed by atoms with Gasteiger partial charge in [-0.3, -0.25) is 0 Å². The maximum Gasteiger partial charge on any atom is 0.125 e. The molecule has 0 amide bonds. The first-order chi connectivity index (χ1) is 9.15. The van der Waals surface area contributed by atoms with Gasteiger partial charge in [-0.25, -0.2) is 0 Å². The maximum absolute atomic E-state index is 9.24. The molecule has 2 atom stereocenters. The molecule has 2 nitrogen and oxygen atoms in total. The Morgan fingerprint density at radius 2 is 1.79 bits per heavy atom. The van der Waals surface area contributed by atoms with Gasteiger partial charge < -0.3 is 9.84 Å². The van der Waals surface area contributed by atoms with Crippen LogP contribution in [-0.4, -0.2) is 11.2 Å². The van der Waals surface area contributed by atoms with Gasteiger partial charge in [-0.15, -0.1) is 0 Å². The van der Waals surface area contributed by atoms with Crippen molar-refractivity contribution in [1.29, 1.82) is 0 Å². The number of aliphatic hydroxyl groups excluding tert-OH is 1. The van der Waals surface area contributed by atoms with Crippen LogP contribution in [0.5, 0.6) is 5.75 Å². The highest BCUT2D eigenvalue weighted by Gasteiger charge is 2.26. The van der Waals surface area contributed by atoms with E-state index in [2.05, 4.69) is 20.8 Å². The highest BCUT2D eigenvalue weighted by Crippen LogP contribution is 2.33. The van der Waals surface area contributed by atoms with Gasteiger partial charge >= 0.3 is 0 Å². The van der Waals surface area contributed by atoms with Crippen molar-refractivity contribution in [2.45, 2.75) is 65.6 Å². The molecule has 0 aliphatic heterocycles. The van der Waals surface area contributed by atoms with Crippen molar-refractivity contribution in [2.75, 3.05) is 0 Å². The van der Waals surface area contributed by atoms with Crippen LogP contribution in [0.25, 0.3) is 0 Å². The van der Waals surface area contributed by atoms with E-state index in [1.54, 1.807) is 0 Å². The Hall–Kier alpha value is -1.02. The van der Waals surface area contributed by atoms with Crippen LogP contribution in [0.3, 0.4) is 0 Å². The number of hydrogen-bond donors (Lipinski definition) is 1. The monoisotopic (exact) mass is 262 g/mol. The molecule has 1 aromatic carbocycles. The lowest BCUT2D eigenvalue weighted by Crippen LogP contribution is -2.30. The Labute approximate surface area is 116 Å². The molecule has 19 heavy (non-hydrogen) atoms. The first kappa shape index (κ1) is 14.4. The lowest BCUT2D eigenvalue weighted by molar-refractivity contribution is 0.0889. The Bertz CT molecular complexity index is 402. The molecule has 1 N–H and O–H groups in total. The van der Waals surface area contributed by atoms with Crippen molar-refractivity contribution in [3.8, 4) is 5.75 Å². The van der Waals surface area contributed by atoms with Gasteiger partial charge in [0, 0.05) is 0 Å². The molecule has 0 bridgehead atoms. The number of hydrogen-bond acceptors (Lipinski definition) is 2. The molecular formula is C17H26O2. The van der Waals surface area contributed by atoms with Crippen LogP contribution in [0, 0.1) is 19.8 Å². The zero-order chi connectivity index (χ0) is 13.8. The first-order valence-electron chi connectivity index (χ1n) is 7.53. The van der Waals surface area contributed by atoms with E-state index >= 15 is 0 Å². The highest BCUT2D eigenvalue weighted by atomic mass is 16.5. The van der Waals surface area contributed by atoms with Gasteiger partial charge in [0.2, 0.25) is 0 Å². The fraction of sp³-hybridized carbons (Fsp3) is 0.647. The molecule has 0 heterocycles. The molecule has 2 heteroatoms. The molecule has 1 aliphatic carbocycles. The molecular weight excluding hydrogens is 236 g/mol. The number of aliphatic hydroxyl groups is 1. The summed E-state index contributed by atoms with van der Waals surface area (Å²) in [5.74, 6) is 1.73. The Morgan fingerprint density at radius 1 is 1.16 bits per heavy atom. The molecule has 106 valence electrons. The fourth-order valence-electron chi connectivity index (χ4n) is 3.26. The average molecular weight is 262 g/mol. The zero-order valence-corrected chi connectivity index (χ0v) is 12.4. The van der Waals surface area contributed by atoms with Gasteiger partial charge in [0.15, 0.2) is 0 Å². The predicted molar refractivity (Wildman–Crippen MR) is 78.5 cm³/mol. The summed E-state index contributed by atoms with van der Waals surface area (Å²) in [6.07, 6.45) is 6.69. The summed E-state index contributed by atoms with van der Waals surface area (Å²) < 4.78 is 6.34. The van der Waals surface area contributed by atoms with E-state index in [1.165, 1.54) is 32.1 Å². The Morgan fingerprint density at radius 3 is 2.37 bits per heavy atom. The van der Waals surface area contributed by atoms with Crippen LogP contribution in [0.2, 0.25) is 0 Å². The summed E-state index contributed by atoms with van der Waals surface area (Å²) in [4.78, 5) is 0. The van der Waals surface area contributed by atoms with E-state index in [9.17, 15) is 5.11 Å². The molecule has 1 aromatic rings. The quantitative estimate of drug-likeness (QED) is 0.883. The first-order valence-corrected chi connectivity index (χ1v) is 7.53. The van der Waals surface area contributed by atoms with Gasteiger partial charge in [-0.1, -0.05) is 25.5 Å². The normalized spacial score (nSPS) is 23.4. The summed E-state index contributed by atoms with van der Waals surface area (Å²) in [5, 5.41) is 9.24. The van der Waals surface area contributed by atoms with Crippen LogP contribution in [-0.2, 0) is 6.61 Å². The zero-order valence-electron chi connectivity index (χ0n) is 12.4. The standard InChI is InChI=1S/C17H26O2/c1-4-15-7-5-6-8-16(15)19-17-12(2)9-14(11-18)10-13(17)3/h9-10,15-16,18H,4-8,11H2,1-3H3. The van der Waals surface area contributed by atoms with Gasteiger partial charge in [0.25, 0.3) is 0 Å². The molecule has 0 spiro atoms. The SMILES string of the molecule is CCC1CCCCC1Oc1c(C)cc(CO)cc1C. The Balaban J connectivity index is 2.18. The van der Waals surface area contributed by atoms with Crippen LogP contribution in [0.15, 0.2) is 12.1 Å². The molecule has 0 radical (unpaired) electrons. The fourth-order valence-corrected chi connectivity index (χ4v) is 3.26. The third-order valence-corrected chi connectivity index (χ3v) is 4.34. The van der Waals surface area contributed by atoms with Gasteiger partial charge in [0.05, 0.1) is 6.61 Å². The molecule has 1 aliphatic rings. The summed E-state index contributed by atoms with van der Waals surface area (Å²) in [7, 11) is 0. The minimum absolute atomic E-state index is 0.100. The minimum Gasteiger partial charge on any atom is -0.490 e. The molecule has 2 rings (SSSR count). The van der Waals surface area contributed by atoms with E-state index in [-0.39, 0.29) is 6.61 Å². The second kappa shape index (κ2) is 6.42. The Kier molecular flexibility index (Phi) is 4.87. The lowest BCUT2D eigenvalue weighted by Gasteiger charge is -2.32. The van der Waals surface area contributed by atoms with Crippen molar-refractivity contribution in [3.05, 3.63) is 28.8 Å². The van der Waals surface area contributed by atoms with Gasteiger partial charge in [-0.05, 0) is 62.1 Å². The van der Waals surface area contributed by atoms with Crippen molar-refractivity contribution in [1.82, 2.24) is 0 Å². The van der Waals surface area contributed by atoms with E-state index in [0.717, 1.165) is 22.4 Å². The summed E-state index contributed by atoms with van der Waals surface area (Å²) in [6, 6.07) is 4.07. The van der Waals surface area contributed by atoms with E-state index in [0.29, 0.717) is 12.0 Å². The highest BCUT2D eigenvalue weighted by molar-refractivity contribution is 5.43. The third-order valence-electron chi connectivity index (χ3n) is 4.34. The molecule has 2 unspecified atom stereocenters. The minimum atomic E-state index is 0.100. The maximum atomic E-state index is 9.24. The van der Waals surface area contributed by atoms with E-state index in [1.807, 2.05) is 12.1 Å². The van der Waals surface area contributed by atoms with Crippen molar-refractivity contribution < 1.29 is 9.84 Å². The molecule has 1 saturated carbocycles. The van der Waals surface area contributed by atoms with Crippen LogP contribution >= 0.6 is 0 Å². The third kappa shape index (κ3) is 3.30. The van der Waals surface area contributed by atoms with E-state index < -0.39 is 0 Å². The molecule has 0 aromatic heterocycles. The topological polar surface area (TPSA) is 29.5 Å². The smallest absolute Gasteiger partial charge is 0.125 e.